The predicted octanol–water partition coefficient (Wildman–Crippen LogP) is 4.87. The molecule has 1 aliphatic rings. The Labute approximate surface area is 182 Å². The SMILES string of the molecule is Cc1cccc(C)c1NC(=O)C1CC(=O)N(c2ccc(OCc3ccccc3)cc2)C1. The second-order valence-electron chi connectivity index (χ2n) is 7.93. The van der Waals surface area contributed by atoms with Crippen molar-refractivity contribution in [2.24, 2.45) is 5.92 Å². The number of anilines is 2. The molecule has 3 aromatic carbocycles. The molecular weight excluding hydrogens is 388 g/mol. The van der Waals surface area contributed by atoms with Crippen LogP contribution in [0, 0.1) is 19.8 Å². The number of para-hydroxylation sites is 1. The molecule has 0 aromatic heterocycles. The fourth-order valence-corrected chi connectivity index (χ4v) is 3.83. The standard InChI is InChI=1S/C26H26N2O3/c1-18-7-6-8-19(2)25(18)27-26(30)21-15-24(29)28(16-21)22-11-13-23(14-12-22)31-17-20-9-4-3-5-10-20/h3-14,21H,15-17H2,1-2H3,(H,27,30). The van der Waals surface area contributed by atoms with Crippen LogP contribution in [0.1, 0.15) is 23.1 Å². The van der Waals surface area contributed by atoms with E-state index in [1.54, 1.807) is 4.90 Å². The lowest BCUT2D eigenvalue weighted by Gasteiger charge is -2.18. The highest BCUT2D eigenvalue weighted by Gasteiger charge is 2.35. The molecule has 0 bridgehead atoms. The number of carbonyl (C=O) groups is 2. The van der Waals surface area contributed by atoms with Crippen LogP contribution < -0.4 is 15.0 Å². The van der Waals surface area contributed by atoms with Crippen LogP contribution >= 0.6 is 0 Å². The molecule has 1 unspecified atom stereocenters. The molecule has 0 saturated carbocycles. The predicted molar refractivity (Wildman–Crippen MR) is 122 cm³/mol. The van der Waals surface area contributed by atoms with Crippen LogP contribution in [-0.2, 0) is 16.2 Å². The average Bonchev–Trinajstić information content (AvgIpc) is 3.18. The van der Waals surface area contributed by atoms with Gasteiger partial charge in [0.1, 0.15) is 12.4 Å². The fourth-order valence-electron chi connectivity index (χ4n) is 3.83. The number of carbonyl (C=O) groups excluding carboxylic acids is 2. The van der Waals surface area contributed by atoms with E-state index in [1.807, 2.05) is 86.6 Å². The van der Waals surface area contributed by atoms with Crippen molar-refractivity contribution in [3.8, 4) is 5.75 Å². The molecule has 5 nitrogen and oxygen atoms in total. The third kappa shape index (κ3) is 4.77. The minimum atomic E-state index is -0.375. The number of nitrogens with zero attached hydrogens (tertiary/aromatic N) is 1. The lowest BCUT2D eigenvalue weighted by Crippen LogP contribution is -2.28. The van der Waals surface area contributed by atoms with Crippen molar-refractivity contribution in [3.63, 3.8) is 0 Å². The van der Waals surface area contributed by atoms with Crippen LogP contribution in [0.25, 0.3) is 0 Å². The number of amides is 2. The third-order valence-electron chi connectivity index (χ3n) is 5.62. The van der Waals surface area contributed by atoms with E-state index in [4.69, 9.17) is 4.74 Å². The van der Waals surface area contributed by atoms with E-state index in [1.165, 1.54) is 0 Å². The maximum absolute atomic E-state index is 12.8. The van der Waals surface area contributed by atoms with Gasteiger partial charge in [0.05, 0.1) is 5.92 Å². The van der Waals surface area contributed by atoms with E-state index in [2.05, 4.69) is 5.32 Å². The minimum Gasteiger partial charge on any atom is -0.489 e. The Bertz CT molecular complexity index is 1060. The maximum atomic E-state index is 12.8. The summed E-state index contributed by atoms with van der Waals surface area (Å²) in [5.74, 6) is 0.208. The number of nitrogens with one attached hydrogen (secondary N) is 1. The van der Waals surface area contributed by atoms with Crippen LogP contribution in [0.3, 0.4) is 0 Å². The summed E-state index contributed by atoms with van der Waals surface area (Å²) in [7, 11) is 0. The number of hydrogen-bond donors (Lipinski definition) is 1. The van der Waals surface area contributed by atoms with Gasteiger partial charge >= 0.3 is 0 Å². The van der Waals surface area contributed by atoms with Gasteiger partial charge in [0.15, 0.2) is 0 Å². The molecule has 3 aromatic rings. The zero-order valence-electron chi connectivity index (χ0n) is 17.8. The number of hydrogen-bond acceptors (Lipinski definition) is 3. The summed E-state index contributed by atoms with van der Waals surface area (Å²) < 4.78 is 5.82. The Kier molecular flexibility index (Phi) is 6.03. The van der Waals surface area contributed by atoms with Crippen LogP contribution in [0.2, 0.25) is 0 Å². The Morgan fingerprint density at radius 1 is 0.968 bits per heavy atom. The van der Waals surface area contributed by atoms with Crippen molar-refractivity contribution in [2.45, 2.75) is 26.9 Å². The van der Waals surface area contributed by atoms with Gasteiger partial charge in [-0.2, -0.15) is 0 Å². The van der Waals surface area contributed by atoms with Gasteiger partial charge in [-0.05, 0) is 54.8 Å². The molecule has 1 aliphatic heterocycles. The summed E-state index contributed by atoms with van der Waals surface area (Å²) in [5.41, 5.74) is 4.73. The summed E-state index contributed by atoms with van der Waals surface area (Å²) in [4.78, 5) is 27.1. The number of aryl methyl sites for hydroxylation is 2. The second kappa shape index (κ2) is 9.04. The first-order valence-electron chi connectivity index (χ1n) is 10.5. The van der Waals surface area contributed by atoms with E-state index < -0.39 is 0 Å². The van der Waals surface area contributed by atoms with E-state index in [9.17, 15) is 9.59 Å². The molecule has 1 N–H and O–H groups in total. The fraction of sp³-hybridized carbons (Fsp3) is 0.231. The molecule has 0 radical (unpaired) electrons. The molecule has 0 aliphatic carbocycles. The van der Waals surface area contributed by atoms with Gasteiger partial charge < -0.3 is 15.0 Å². The lowest BCUT2D eigenvalue weighted by atomic mass is 10.1. The van der Waals surface area contributed by atoms with Crippen molar-refractivity contribution in [1.29, 1.82) is 0 Å². The highest BCUT2D eigenvalue weighted by atomic mass is 16.5. The molecule has 1 fully saturated rings. The summed E-state index contributed by atoms with van der Waals surface area (Å²) in [6, 6.07) is 23.3. The van der Waals surface area contributed by atoms with Crippen molar-refractivity contribution in [3.05, 3.63) is 89.5 Å². The number of ether oxygens (including phenoxy) is 1. The first-order chi connectivity index (χ1) is 15.0. The van der Waals surface area contributed by atoms with Gasteiger partial charge in [0.25, 0.3) is 0 Å². The maximum Gasteiger partial charge on any atom is 0.229 e. The highest BCUT2D eigenvalue weighted by Crippen LogP contribution is 2.29. The van der Waals surface area contributed by atoms with Crippen LogP contribution in [-0.4, -0.2) is 18.4 Å². The van der Waals surface area contributed by atoms with Gasteiger partial charge in [0.2, 0.25) is 11.8 Å². The van der Waals surface area contributed by atoms with Crippen LogP contribution in [0.5, 0.6) is 5.75 Å². The molecule has 31 heavy (non-hydrogen) atoms. The molecule has 5 heteroatoms. The van der Waals surface area contributed by atoms with Gasteiger partial charge in [-0.15, -0.1) is 0 Å². The molecule has 158 valence electrons. The van der Waals surface area contributed by atoms with Gasteiger partial charge in [0, 0.05) is 24.3 Å². The third-order valence-corrected chi connectivity index (χ3v) is 5.62. The molecular formula is C26H26N2O3. The van der Waals surface area contributed by atoms with Crippen molar-refractivity contribution in [2.75, 3.05) is 16.8 Å². The summed E-state index contributed by atoms with van der Waals surface area (Å²) >= 11 is 0. The molecule has 0 spiro atoms. The molecule has 2 amide bonds. The van der Waals surface area contributed by atoms with E-state index in [0.29, 0.717) is 13.2 Å². The Morgan fingerprint density at radius 2 is 1.65 bits per heavy atom. The van der Waals surface area contributed by atoms with Crippen molar-refractivity contribution >= 4 is 23.2 Å². The normalized spacial score (nSPS) is 15.7. The molecule has 1 saturated heterocycles. The molecule has 1 heterocycles. The summed E-state index contributed by atoms with van der Waals surface area (Å²) in [5, 5.41) is 3.02. The van der Waals surface area contributed by atoms with E-state index in [0.717, 1.165) is 33.8 Å². The smallest absolute Gasteiger partial charge is 0.229 e. The molecule has 4 rings (SSSR count). The van der Waals surface area contributed by atoms with E-state index >= 15 is 0 Å². The van der Waals surface area contributed by atoms with Crippen LogP contribution in [0.15, 0.2) is 72.8 Å². The number of benzene rings is 3. The highest BCUT2D eigenvalue weighted by molar-refractivity contribution is 6.04. The zero-order chi connectivity index (χ0) is 21.8. The summed E-state index contributed by atoms with van der Waals surface area (Å²) in [6.07, 6.45) is 0.211. The molecule has 1 atom stereocenters. The minimum absolute atomic E-state index is 0.0420. The van der Waals surface area contributed by atoms with Crippen LogP contribution in [0.4, 0.5) is 11.4 Å². The Morgan fingerprint density at radius 3 is 2.32 bits per heavy atom. The zero-order valence-corrected chi connectivity index (χ0v) is 17.8. The second-order valence-corrected chi connectivity index (χ2v) is 7.93. The number of rotatable bonds is 6. The quantitative estimate of drug-likeness (QED) is 0.626. The van der Waals surface area contributed by atoms with Gasteiger partial charge in [-0.25, -0.2) is 0 Å². The average molecular weight is 415 g/mol. The largest absolute Gasteiger partial charge is 0.489 e. The summed E-state index contributed by atoms with van der Waals surface area (Å²) in [6.45, 7) is 4.80. The van der Waals surface area contributed by atoms with Gasteiger partial charge in [-0.1, -0.05) is 48.5 Å². The van der Waals surface area contributed by atoms with E-state index in [-0.39, 0.29) is 24.2 Å². The Hall–Kier alpha value is -3.60. The monoisotopic (exact) mass is 414 g/mol. The Balaban J connectivity index is 1.38. The first-order valence-corrected chi connectivity index (χ1v) is 10.5. The topological polar surface area (TPSA) is 58.6 Å². The van der Waals surface area contributed by atoms with Crippen molar-refractivity contribution < 1.29 is 14.3 Å². The van der Waals surface area contributed by atoms with Gasteiger partial charge in [-0.3, -0.25) is 9.59 Å². The van der Waals surface area contributed by atoms with Crippen molar-refractivity contribution in [1.82, 2.24) is 0 Å². The first kappa shape index (κ1) is 20.7. The lowest BCUT2D eigenvalue weighted by molar-refractivity contribution is -0.122.